The number of amides is 2. The van der Waals surface area contributed by atoms with Gasteiger partial charge in [0.05, 0.1) is 18.4 Å². The first kappa shape index (κ1) is 30.9. The smallest absolute Gasteiger partial charge is 0.303 e. The van der Waals surface area contributed by atoms with Crippen molar-refractivity contribution in [1.82, 2.24) is 20.2 Å². The van der Waals surface area contributed by atoms with Gasteiger partial charge in [-0.15, -0.1) is 11.3 Å². The molecule has 0 aliphatic carbocycles. The van der Waals surface area contributed by atoms with E-state index in [2.05, 4.69) is 36.1 Å². The molecule has 2 aromatic carbocycles. The lowest BCUT2D eigenvalue weighted by Gasteiger charge is -2.40. The van der Waals surface area contributed by atoms with Crippen LogP contribution < -0.4 is 10.1 Å². The SMILES string of the molecule is COc1ccc(-c2cnc(-c3ccc(C[C@H](NC(=O)c4ccc(C(C)(C)C)s4)C(=O)N4CC(CC(=O)O)C4)cc3)nc2)cc1. The second-order valence-electron chi connectivity index (χ2n) is 12.1. The third-order valence-corrected chi connectivity index (χ3v) is 9.14. The number of nitrogens with zero attached hydrogens (tertiary/aromatic N) is 3. The fraction of sp³-hybridized carbons (Fsp3) is 0.324. The van der Waals surface area contributed by atoms with E-state index in [4.69, 9.17) is 9.84 Å². The summed E-state index contributed by atoms with van der Waals surface area (Å²) in [5.41, 5.74) is 3.48. The zero-order valence-electron chi connectivity index (χ0n) is 25.2. The molecule has 1 aliphatic rings. The first-order valence-electron chi connectivity index (χ1n) is 14.5. The number of rotatable bonds is 10. The number of ether oxygens (including phenoxy) is 1. The summed E-state index contributed by atoms with van der Waals surface area (Å²) < 4.78 is 5.22. The van der Waals surface area contributed by atoms with Crippen LogP contribution >= 0.6 is 11.3 Å². The number of carboxylic acid groups (broad SMARTS) is 1. The van der Waals surface area contributed by atoms with Crippen molar-refractivity contribution in [3.63, 3.8) is 0 Å². The number of benzene rings is 2. The van der Waals surface area contributed by atoms with Crippen molar-refractivity contribution >= 4 is 29.1 Å². The Labute approximate surface area is 260 Å². The van der Waals surface area contributed by atoms with Crippen LogP contribution in [0.15, 0.2) is 73.1 Å². The molecule has 1 atom stereocenters. The minimum Gasteiger partial charge on any atom is -0.497 e. The highest BCUT2D eigenvalue weighted by Gasteiger charge is 2.36. The summed E-state index contributed by atoms with van der Waals surface area (Å²) in [6, 6.07) is 18.3. The molecule has 2 aromatic heterocycles. The van der Waals surface area contributed by atoms with Gasteiger partial charge in [-0.3, -0.25) is 14.4 Å². The first-order valence-corrected chi connectivity index (χ1v) is 15.3. The molecule has 3 heterocycles. The Kier molecular flexibility index (Phi) is 9.10. The Bertz CT molecular complexity index is 1620. The third kappa shape index (κ3) is 7.31. The largest absolute Gasteiger partial charge is 0.497 e. The summed E-state index contributed by atoms with van der Waals surface area (Å²) in [5.74, 6) is -0.105. The topological polar surface area (TPSA) is 122 Å². The molecule has 1 aliphatic heterocycles. The number of methoxy groups -OCH3 is 1. The summed E-state index contributed by atoms with van der Waals surface area (Å²) in [6.45, 7) is 7.01. The Morgan fingerprint density at radius 1 is 0.955 bits per heavy atom. The number of carbonyl (C=O) groups is 3. The van der Waals surface area contributed by atoms with Gasteiger partial charge in [0.2, 0.25) is 5.91 Å². The van der Waals surface area contributed by atoms with Crippen molar-refractivity contribution in [2.75, 3.05) is 20.2 Å². The average molecular weight is 613 g/mol. The van der Waals surface area contributed by atoms with Crippen molar-refractivity contribution in [3.8, 4) is 28.3 Å². The molecule has 0 unspecified atom stereocenters. The standard InChI is InChI=1S/C34H36N4O5S/c1-34(2,3)29-14-13-28(44-29)32(41)37-27(33(42)38-19-22(20-38)16-30(39)40)15-21-5-7-24(8-6-21)31-35-17-25(18-36-31)23-9-11-26(43-4)12-10-23/h5-14,17-18,22,27H,15-16,19-20H2,1-4H3,(H,37,41)(H,39,40)/t27-/m0/s1. The van der Waals surface area contributed by atoms with Gasteiger partial charge in [0.15, 0.2) is 5.82 Å². The number of likely N-dealkylation sites (tertiary alicyclic amines) is 1. The van der Waals surface area contributed by atoms with Crippen molar-refractivity contribution in [2.24, 2.45) is 5.92 Å². The molecule has 4 aromatic rings. The number of nitrogens with one attached hydrogen (secondary N) is 1. The number of carbonyl (C=O) groups excluding carboxylic acids is 2. The van der Waals surface area contributed by atoms with E-state index in [0.717, 1.165) is 32.9 Å². The van der Waals surface area contributed by atoms with Crippen LogP contribution in [0, 0.1) is 5.92 Å². The lowest BCUT2D eigenvalue weighted by atomic mass is 9.94. The van der Waals surface area contributed by atoms with Crippen molar-refractivity contribution in [3.05, 3.63) is 88.4 Å². The van der Waals surface area contributed by atoms with E-state index in [9.17, 15) is 14.4 Å². The molecule has 0 spiro atoms. The summed E-state index contributed by atoms with van der Waals surface area (Å²) in [7, 11) is 1.63. The highest BCUT2D eigenvalue weighted by atomic mass is 32.1. The molecule has 2 amide bonds. The van der Waals surface area contributed by atoms with Crippen LogP contribution in [-0.2, 0) is 21.4 Å². The molecule has 9 nitrogen and oxygen atoms in total. The van der Waals surface area contributed by atoms with Gasteiger partial charge in [0, 0.05) is 53.8 Å². The van der Waals surface area contributed by atoms with E-state index in [1.54, 1.807) is 30.5 Å². The molecule has 10 heteroatoms. The van der Waals surface area contributed by atoms with Crippen LogP contribution in [0.25, 0.3) is 22.5 Å². The van der Waals surface area contributed by atoms with E-state index in [1.807, 2.05) is 54.6 Å². The van der Waals surface area contributed by atoms with Gasteiger partial charge < -0.3 is 20.1 Å². The highest BCUT2D eigenvalue weighted by Crippen LogP contribution is 2.30. The lowest BCUT2D eigenvalue weighted by molar-refractivity contribution is -0.146. The number of carboxylic acids is 1. The third-order valence-electron chi connectivity index (χ3n) is 7.63. The minimum atomic E-state index is -0.876. The summed E-state index contributed by atoms with van der Waals surface area (Å²) >= 11 is 1.42. The Morgan fingerprint density at radius 3 is 2.16 bits per heavy atom. The maximum absolute atomic E-state index is 13.5. The van der Waals surface area contributed by atoms with Gasteiger partial charge >= 0.3 is 5.97 Å². The zero-order valence-corrected chi connectivity index (χ0v) is 26.1. The van der Waals surface area contributed by atoms with E-state index in [0.29, 0.717) is 30.2 Å². The van der Waals surface area contributed by atoms with Crippen molar-refractivity contribution in [1.29, 1.82) is 0 Å². The van der Waals surface area contributed by atoms with Gasteiger partial charge in [0.1, 0.15) is 11.8 Å². The molecule has 2 N–H and O–H groups in total. The molecule has 0 radical (unpaired) electrons. The highest BCUT2D eigenvalue weighted by molar-refractivity contribution is 7.14. The average Bonchev–Trinajstić information content (AvgIpc) is 3.50. The minimum absolute atomic E-state index is 0.0240. The molecule has 228 valence electrons. The van der Waals surface area contributed by atoms with Crippen LogP contribution in [0.1, 0.15) is 47.3 Å². The summed E-state index contributed by atoms with van der Waals surface area (Å²) in [4.78, 5) is 50.2. The second-order valence-corrected chi connectivity index (χ2v) is 13.2. The predicted molar refractivity (Wildman–Crippen MR) is 170 cm³/mol. The quantitative estimate of drug-likeness (QED) is 0.244. The maximum atomic E-state index is 13.5. The Hall–Kier alpha value is -4.57. The van der Waals surface area contributed by atoms with Gasteiger partial charge in [-0.25, -0.2) is 9.97 Å². The van der Waals surface area contributed by atoms with Gasteiger partial charge in [-0.2, -0.15) is 0 Å². The lowest BCUT2D eigenvalue weighted by Crippen LogP contribution is -2.57. The molecule has 44 heavy (non-hydrogen) atoms. The molecule has 5 rings (SSSR count). The van der Waals surface area contributed by atoms with Crippen LogP contribution in [0.2, 0.25) is 0 Å². The van der Waals surface area contributed by atoms with Crippen LogP contribution in [0.4, 0.5) is 0 Å². The van der Waals surface area contributed by atoms with Crippen molar-refractivity contribution in [2.45, 2.75) is 45.1 Å². The van der Waals surface area contributed by atoms with Crippen LogP contribution in [0.5, 0.6) is 5.75 Å². The molecular weight excluding hydrogens is 576 g/mol. The molecule has 1 fully saturated rings. The monoisotopic (exact) mass is 612 g/mol. The molecule has 0 bridgehead atoms. The van der Waals surface area contributed by atoms with Crippen molar-refractivity contribution < 1.29 is 24.2 Å². The number of aliphatic carboxylic acids is 1. The maximum Gasteiger partial charge on any atom is 0.303 e. The second kappa shape index (κ2) is 13.0. The molecule has 1 saturated heterocycles. The Balaban J connectivity index is 1.29. The van der Waals surface area contributed by atoms with E-state index in [1.165, 1.54) is 11.3 Å². The molecule has 0 saturated carbocycles. The number of thiophene rings is 1. The van der Waals surface area contributed by atoms with Gasteiger partial charge in [-0.05, 0) is 40.8 Å². The fourth-order valence-electron chi connectivity index (χ4n) is 5.07. The van der Waals surface area contributed by atoms with E-state index in [-0.39, 0.29) is 29.6 Å². The molecular formula is C34H36N4O5S. The number of hydrogen-bond acceptors (Lipinski definition) is 7. The number of aromatic nitrogens is 2. The number of hydrogen-bond donors (Lipinski definition) is 2. The van der Waals surface area contributed by atoms with Crippen LogP contribution in [0.3, 0.4) is 0 Å². The fourth-order valence-corrected chi connectivity index (χ4v) is 6.04. The normalized spacial score (nSPS) is 14.0. The van der Waals surface area contributed by atoms with E-state index < -0.39 is 12.0 Å². The zero-order chi connectivity index (χ0) is 31.4. The summed E-state index contributed by atoms with van der Waals surface area (Å²) in [6.07, 6.45) is 3.88. The first-order chi connectivity index (χ1) is 21.0. The van der Waals surface area contributed by atoms with E-state index >= 15 is 0 Å². The van der Waals surface area contributed by atoms with Crippen LogP contribution in [-0.4, -0.2) is 64.0 Å². The Morgan fingerprint density at radius 2 is 1.59 bits per heavy atom. The van der Waals surface area contributed by atoms with Gasteiger partial charge in [-0.1, -0.05) is 57.2 Å². The predicted octanol–water partition coefficient (Wildman–Crippen LogP) is 5.45. The summed E-state index contributed by atoms with van der Waals surface area (Å²) in [5, 5.41) is 12.1. The van der Waals surface area contributed by atoms with Gasteiger partial charge in [0.25, 0.3) is 5.91 Å².